The molecule has 16 heavy (non-hydrogen) atoms. The smallest absolute Gasteiger partial charge is 0.0350 e. The summed E-state index contributed by atoms with van der Waals surface area (Å²) in [5, 5.41) is 15.1. The van der Waals surface area contributed by atoms with Crippen molar-refractivity contribution >= 4 is 33.2 Å². The van der Waals surface area contributed by atoms with Gasteiger partial charge in [-0.25, -0.2) is 0 Å². The van der Waals surface area contributed by atoms with E-state index in [1.54, 1.807) is 6.07 Å². The van der Waals surface area contributed by atoms with Crippen molar-refractivity contribution < 1.29 is 5.11 Å². The van der Waals surface area contributed by atoms with Crippen LogP contribution in [0.25, 0.3) is 0 Å². The van der Waals surface area contributed by atoms with Crippen molar-refractivity contribution in [2.75, 3.05) is 11.9 Å². The Kier molecular flexibility index (Phi) is 4.93. The maximum atomic E-state index is 11.7. The van der Waals surface area contributed by atoms with Gasteiger partial charge in [0.25, 0.3) is 0 Å². The zero-order chi connectivity index (χ0) is 12.3. The highest BCUT2D eigenvalue weighted by molar-refractivity contribution is 9.09. The van der Waals surface area contributed by atoms with Gasteiger partial charge >= 0.3 is 0 Å². The fourth-order valence-corrected chi connectivity index (χ4v) is 1.74. The summed E-state index contributed by atoms with van der Waals surface area (Å²) in [6, 6.07) is 3.51. The summed E-state index contributed by atoms with van der Waals surface area (Å²) >= 11 is 9.40. The number of aryl methyl sites for hydroxylation is 1. The lowest BCUT2D eigenvalue weighted by Gasteiger charge is -2.21. The molecule has 0 aliphatic carbocycles. The number of rotatable bonds is 4. The van der Waals surface area contributed by atoms with Crippen LogP contribution in [-0.4, -0.2) is 11.4 Å². The maximum Gasteiger partial charge on any atom is 0.0350 e. The number of nitrogens with one attached hydrogen (secondary N) is 1. The Morgan fingerprint density at radius 3 is 2.62 bits per heavy atom. The summed E-state index contributed by atoms with van der Waals surface area (Å²) in [7, 11) is 0. The molecule has 0 amide bonds. The van der Waals surface area contributed by atoms with E-state index < -0.39 is 0 Å². The molecule has 0 spiro atoms. The summed E-state index contributed by atoms with van der Waals surface area (Å²) in [5.74, 6) is 0.388. The minimum atomic E-state index is -0.129. The van der Waals surface area contributed by atoms with Crippen molar-refractivity contribution in [3.8, 4) is 5.75 Å². The summed E-state index contributed by atoms with van der Waals surface area (Å²) in [6.45, 7) is 6.89. The Morgan fingerprint density at radius 1 is 1.44 bits per heavy atom. The quantitative estimate of drug-likeness (QED) is 0.863. The third kappa shape index (κ3) is 3.56. The van der Waals surface area contributed by atoms with Crippen molar-refractivity contribution in [2.24, 2.45) is 5.92 Å². The molecule has 1 aromatic carbocycles. The van der Waals surface area contributed by atoms with E-state index in [-0.39, 0.29) is 10.8 Å². The van der Waals surface area contributed by atoms with Crippen LogP contribution in [0, 0.1) is 12.8 Å². The highest BCUT2D eigenvalue weighted by atomic mass is 79.9. The monoisotopic (exact) mass is 304 g/mol. The standard InChI is InChI=1S/C12H17BrClNO/c1-7(2)9(13)6-15-11-5-8(3)4-10(14)12(11)16/h4-5,7,9,15-16H,6H2,1-3H3/p-1. The lowest BCUT2D eigenvalue weighted by molar-refractivity contribution is -0.266. The van der Waals surface area contributed by atoms with E-state index in [4.69, 9.17) is 11.6 Å². The molecule has 90 valence electrons. The fraction of sp³-hybridized carbons (Fsp3) is 0.500. The van der Waals surface area contributed by atoms with Crippen LogP contribution in [0.15, 0.2) is 12.1 Å². The molecule has 0 heterocycles. The molecular formula is C12H16BrClNO-. The first-order valence-electron chi connectivity index (χ1n) is 5.27. The van der Waals surface area contributed by atoms with E-state index in [1.807, 2.05) is 13.0 Å². The minimum Gasteiger partial charge on any atom is -0.870 e. The third-order valence-corrected chi connectivity index (χ3v) is 4.06. The van der Waals surface area contributed by atoms with Crippen LogP contribution in [-0.2, 0) is 0 Å². The van der Waals surface area contributed by atoms with E-state index in [0.717, 1.165) is 5.56 Å². The summed E-state index contributed by atoms with van der Waals surface area (Å²) in [6.07, 6.45) is 0. The van der Waals surface area contributed by atoms with Crippen LogP contribution in [0.5, 0.6) is 5.75 Å². The Labute approximate surface area is 110 Å². The second kappa shape index (κ2) is 5.78. The highest BCUT2D eigenvalue weighted by Gasteiger charge is 2.09. The number of hydrogen-bond donors (Lipinski definition) is 1. The zero-order valence-electron chi connectivity index (χ0n) is 9.68. The normalized spacial score (nSPS) is 12.9. The molecule has 0 aliphatic rings. The van der Waals surface area contributed by atoms with Crippen molar-refractivity contribution in [2.45, 2.75) is 25.6 Å². The van der Waals surface area contributed by atoms with E-state index >= 15 is 0 Å². The van der Waals surface area contributed by atoms with Gasteiger partial charge in [0.1, 0.15) is 0 Å². The summed E-state index contributed by atoms with van der Waals surface area (Å²) in [5.41, 5.74) is 1.57. The molecule has 0 radical (unpaired) electrons. The van der Waals surface area contributed by atoms with Gasteiger partial charge in [0.05, 0.1) is 0 Å². The summed E-state index contributed by atoms with van der Waals surface area (Å²) < 4.78 is 0. The van der Waals surface area contributed by atoms with Crippen LogP contribution >= 0.6 is 27.5 Å². The van der Waals surface area contributed by atoms with Gasteiger partial charge in [-0.15, -0.1) is 0 Å². The molecule has 0 aliphatic heterocycles. The molecule has 1 rings (SSSR count). The molecule has 0 bridgehead atoms. The lowest BCUT2D eigenvalue weighted by atomic mass is 10.1. The number of hydrogen-bond acceptors (Lipinski definition) is 2. The zero-order valence-corrected chi connectivity index (χ0v) is 12.0. The van der Waals surface area contributed by atoms with Gasteiger partial charge in [-0.2, -0.15) is 0 Å². The van der Waals surface area contributed by atoms with Crippen LogP contribution in [0.3, 0.4) is 0 Å². The predicted molar refractivity (Wildman–Crippen MR) is 71.7 cm³/mol. The first-order chi connectivity index (χ1) is 7.41. The summed E-state index contributed by atoms with van der Waals surface area (Å²) in [4.78, 5) is 0.339. The molecule has 1 unspecified atom stereocenters. The second-order valence-corrected chi connectivity index (χ2v) is 5.85. The molecule has 0 aromatic heterocycles. The fourth-order valence-electron chi connectivity index (χ4n) is 1.30. The Balaban J connectivity index is 2.74. The van der Waals surface area contributed by atoms with Gasteiger partial charge in [0, 0.05) is 22.1 Å². The molecule has 1 N–H and O–H groups in total. The van der Waals surface area contributed by atoms with Crippen LogP contribution in [0.1, 0.15) is 19.4 Å². The molecule has 1 atom stereocenters. The van der Waals surface area contributed by atoms with Gasteiger partial charge in [0.15, 0.2) is 0 Å². The van der Waals surface area contributed by atoms with E-state index in [0.29, 0.717) is 23.0 Å². The number of halogens is 2. The van der Waals surface area contributed by atoms with Crippen molar-refractivity contribution in [3.63, 3.8) is 0 Å². The van der Waals surface area contributed by atoms with Crippen molar-refractivity contribution in [1.82, 2.24) is 0 Å². The number of anilines is 1. The first-order valence-corrected chi connectivity index (χ1v) is 6.56. The Bertz CT molecular complexity index is 368. The first kappa shape index (κ1) is 13.7. The van der Waals surface area contributed by atoms with Gasteiger partial charge in [-0.3, -0.25) is 0 Å². The molecule has 0 saturated heterocycles. The lowest BCUT2D eigenvalue weighted by Crippen LogP contribution is -2.19. The van der Waals surface area contributed by atoms with Crippen LogP contribution < -0.4 is 10.4 Å². The number of alkyl halides is 1. The Hall–Kier alpha value is -0.410. The van der Waals surface area contributed by atoms with E-state index in [9.17, 15) is 5.11 Å². The molecule has 0 fully saturated rings. The molecule has 0 saturated carbocycles. The van der Waals surface area contributed by atoms with Gasteiger partial charge in [0.2, 0.25) is 0 Å². The molecule has 1 aromatic rings. The molecule has 4 heteroatoms. The average molecular weight is 306 g/mol. The highest BCUT2D eigenvalue weighted by Crippen LogP contribution is 2.30. The SMILES string of the molecule is Cc1cc(Cl)c([O-])c(NCC(Br)C(C)C)c1. The number of benzene rings is 1. The van der Waals surface area contributed by atoms with Crippen molar-refractivity contribution in [1.29, 1.82) is 0 Å². The minimum absolute atomic E-state index is 0.129. The van der Waals surface area contributed by atoms with Gasteiger partial charge < -0.3 is 10.4 Å². The largest absolute Gasteiger partial charge is 0.870 e. The van der Waals surface area contributed by atoms with Gasteiger partial charge in [-0.05, 0) is 30.5 Å². The predicted octanol–water partition coefficient (Wildman–Crippen LogP) is 3.55. The van der Waals surface area contributed by atoms with E-state index in [1.165, 1.54) is 0 Å². The Morgan fingerprint density at radius 2 is 2.06 bits per heavy atom. The van der Waals surface area contributed by atoms with Crippen LogP contribution in [0.4, 0.5) is 5.69 Å². The molecule has 2 nitrogen and oxygen atoms in total. The average Bonchev–Trinajstić information content (AvgIpc) is 2.20. The second-order valence-electron chi connectivity index (χ2n) is 4.26. The van der Waals surface area contributed by atoms with E-state index in [2.05, 4.69) is 35.1 Å². The van der Waals surface area contributed by atoms with Crippen LogP contribution in [0.2, 0.25) is 5.02 Å². The maximum absolute atomic E-state index is 11.7. The topological polar surface area (TPSA) is 35.1 Å². The third-order valence-electron chi connectivity index (χ3n) is 2.40. The molecular weight excluding hydrogens is 289 g/mol. The van der Waals surface area contributed by atoms with Crippen molar-refractivity contribution in [3.05, 3.63) is 22.7 Å². The van der Waals surface area contributed by atoms with Gasteiger partial charge in [-0.1, -0.05) is 47.1 Å².